The summed E-state index contributed by atoms with van der Waals surface area (Å²) in [7, 11) is 0. The van der Waals surface area contributed by atoms with Crippen molar-refractivity contribution in [2.45, 2.75) is 25.8 Å². The lowest BCUT2D eigenvalue weighted by atomic mass is 10.1. The van der Waals surface area contributed by atoms with Gasteiger partial charge in [-0.2, -0.15) is 5.26 Å². The summed E-state index contributed by atoms with van der Waals surface area (Å²) in [4.78, 5) is 8.63. The molecule has 20 heavy (non-hydrogen) atoms. The van der Waals surface area contributed by atoms with Crippen LogP contribution < -0.4 is 0 Å². The highest BCUT2D eigenvalue weighted by Crippen LogP contribution is 2.29. The van der Waals surface area contributed by atoms with Gasteiger partial charge in [0.1, 0.15) is 17.4 Å². The first-order chi connectivity index (χ1) is 9.86. The third-order valence-electron chi connectivity index (χ3n) is 3.81. The first-order valence-corrected chi connectivity index (χ1v) is 6.70. The Kier molecular flexibility index (Phi) is 2.36. The van der Waals surface area contributed by atoms with Crippen LogP contribution >= 0.6 is 0 Å². The SMILES string of the molecule is N#Cc1nc(-c2ccc3ncoc3c2)n2c1CCCC2. The molecule has 0 saturated carbocycles. The van der Waals surface area contributed by atoms with E-state index in [1.165, 1.54) is 6.39 Å². The lowest BCUT2D eigenvalue weighted by Gasteiger charge is -2.16. The molecule has 0 spiro atoms. The van der Waals surface area contributed by atoms with Gasteiger partial charge in [-0.25, -0.2) is 9.97 Å². The van der Waals surface area contributed by atoms with Gasteiger partial charge in [-0.15, -0.1) is 0 Å². The van der Waals surface area contributed by atoms with Gasteiger partial charge in [-0.1, -0.05) is 0 Å². The summed E-state index contributed by atoms with van der Waals surface area (Å²) < 4.78 is 7.51. The molecule has 0 atom stereocenters. The van der Waals surface area contributed by atoms with Crippen LogP contribution in [0.1, 0.15) is 24.2 Å². The van der Waals surface area contributed by atoms with Crippen LogP contribution in [0, 0.1) is 11.3 Å². The molecule has 0 bridgehead atoms. The van der Waals surface area contributed by atoms with Crippen LogP contribution in [0.15, 0.2) is 29.0 Å². The van der Waals surface area contributed by atoms with Crippen molar-refractivity contribution in [2.75, 3.05) is 0 Å². The predicted molar refractivity (Wildman–Crippen MR) is 72.9 cm³/mol. The first-order valence-electron chi connectivity index (χ1n) is 6.70. The third-order valence-corrected chi connectivity index (χ3v) is 3.81. The maximum absolute atomic E-state index is 9.24. The number of nitrogens with zero attached hydrogens (tertiary/aromatic N) is 4. The Labute approximate surface area is 115 Å². The average Bonchev–Trinajstić information content (AvgIpc) is 3.10. The van der Waals surface area contributed by atoms with Gasteiger partial charge in [0.05, 0.1) is 5.69 Å². The van der Waals surface area contributed by atoms with E-state index in [1.807, 2.05) is 18.2 Å². The smallest absolute Gasteiger partial charge is 0.181 e. The van der Waals surface area contributed by atoms with Crippen LogP contribution in [-0.4, -0.2) is 14.5 Å². The van der Waals surface area contributed by atoms with E-state index >= 15 is 0 Å². The predicted octanol–water partition coefficient (Wildman–Crippen LogP) is 2.90. The minimum atomic E-state index is 0.553. The monoisotopic (exact) mass is 264 g/mol. The summed E-state index contributed by atoms with van der Waals surface area (Å²) >= 11 is 0. The molecule has 1 aliphatic rings. The quantitative estimate of drug-likeness (QED) is 0.677. The Hall–Kier alpha value is -2.61. The Balaban J connectivity index is 1.93. The van der Waals surface area contributed by atoms with Crippen molar-refractivity contribution < 1.29 is 4.42 Å². The molecule has 5 heteroatoms. The summed E-state index contributed by atoms with van der Waals surface area (Å²) in [6.45, 7) is 0.924. The zero-order valence-electron chi connectivity index (χ0n) is 10.8. The molecule has 0 unspecified atom stereocenters. The highest BCUT2D eigenvalue weighted by molar-refractivity contribution is 5.78. The minimum Gasteiger partial charge on any atom is -0.443 e. The van der Waals surface area contributed by atoms with Crippen LogP contribution in [0.3, 0.4) is 0 Å². The van der Waals surface area contributed by atoms with Crippen molar-refractivity contribution in [1.82, 2.24) is 14.5 Å². The van der Waals surface area contributed by atoms with Crippen LogP contribution in [0.5, 0.6) is 0 Å². The van der Waals surface area contributed by atoms with E-state index in [1.54, 1.807) is 0 Å². The number of aromatic nitrogens is 3. The molecule has 0 N–H and O–H groups in total. The molecular formula is C15H12N4O. The van der Waals surface area contributed by atoms with Crippen molar-refractivity contribution in [1.29, 1.82) is 5.26 Å². The molecule has 0 aliphatic carbocycles. The largest absolute Gasteiger partial charge is 0.443 e. The molecule has 98 valence electrons. The van der Waals surface area contributed by atoms with E-state index in [9.17, 15) is 5.26 Å². The zero-order chi connectivity index (χ0) is 13.5. The molecule has 1 aromatic carbocycles. The van der Waals surface area contributed by atoms with E-state index in [-0.39, 0.29) is 0 Å². The number of hydrogen-bond donors (Lipinski definition) is 0. The van der Waals surface area contributed by atoms with Gasteiger partial charge < -0.3 is 8.98 Å². The van der Waals surface area contributed by atoms with E-state index in [0.29, 0.717) is 5.69 Å². The van der Waals surface area contributed by atoms with Crippen molar-refractivity contribution in [3.8, 4) is 17.5 Å². The summed E-state index contributed by atoms with van der Waals surface area (Å²) in [6.07, 6.45) is 4.63. The Morgan fingerprint density at radius 3 is 3.15 bits per heavy atom. The Morgan fingerprint density at radius 1 is 1.30 bits per heavy atom. The van der Waals surface area contributed by atoms with Gasteiger partial charge in [-0.3, -0.25) is 0 Å². The molecule has 3 aromatic rings. The van der Waals surface area contributed by atoms with Crippen molar-refractivity contribution >= 4 is 11.1 Å². The summed E-state index contributed by atoms with van der Waals surface area (Å²) in [6, 6.07) is 8.05. The second-order valence-electron chi connectivity index (χ2n) is 4.99. The number of imidazole rings is 1. The highest BCUT2D eigenvalue weighted by Gasteiger charge is 2.21. The molecule has 0 radical (unpaired) electrons. The molecule has 1 aliphatic heterocycles. The molecule has 0 amide bonds. The fourth-order valence-corrected chi connectivity index (χ4v) is 2.85. The maximum atomic E-state index is 9.24. The van der Waals surface area contributed by atoms with E-state index in [0.717, 1.165) is 54.0 Å². The molecule has 4 rings (SSSR count). The van der Waals surface area contributed by atoms with Crippen molar-refractivity contribution in [3.63, 3.8) is 0 Å². The van der Waals surface area contributed by atoms with Crippen LogP contribution in [0.2, 0.25) is 0 Å². The standard InChI is InChI=1S/C15H12N4O/c16-8-12-13-3-1-2-6-19(13)15(18-12)10-4-5-11-14(7-10)20-9-17-11/h4-5,7,9H,1-3,6H2. The maximum Gasteiger partial charge on any atom is 0.181 e. The molecule has 0 saturated heterocycles. The first kappa shape index (κ1) is 11.2. The highest BCUT2D eigenvalue weighted by atomic mass is 16.3. The number of fused-ring (bicyclic) bond motifs is 2. The second kappa shape index (κ2) is 4.20. The summed E-state index contributed by atoms with van der Waals surface area (Å²) in [5, 5.41) is 9.24. The number of nitriles is 1. The number of rotatable bonds is 1. The van der Waals surface area contributed by atoms with Crippen molar-refractivity contribution in [3.05, 3.63) is 36.0 Å². The molecule has 2 aromatic heterocycles. The molecule has 3 heterocycles. The lowest BCUT2D eigenvalue weighted by Crippen LogP contribution is -2.11. The Morgan fingerprint density at radius 2 is 2.25 bits per heavy atom. The van der Waals surface area contributed by atoms with E-state index in [4.69, 9.17) is 4.42 Å². The van der Waals surface area contributed by atoms with Gasteiger partial charge in [0, 0.05) is 12.1 Å². The van der Waals surface area contributed by atoms with Crippen LogP contribution in [0.4, 0.5) is 0 Å². The minimum absolute atomic E-state index is 0.553. The number of hydrogen-bond acceptors (Lipinski definition) is 4. The summed E-state index contributed by atoms with van der Waals surface area (Å²) in [5.74, 6) is 0.856. The fourth-order valence-electron chi connectivity index (χ4n) is 2.85. The Bertz CT molecular complexity index is 837. The van der Waals surface area contributed by atoms with E-state index in [2.05, 4.69) is 20.6 Å². The van der Waals surface area contributed by atoms with Gasteiger partial charge in [0.15, 0.2) is 17.7 Å². The fraction of sp³-hybridized carbons (Fsp3) is 0.267. The third kappa shape index (κ3) is 1.55. The van der Waals surface area contributed by atoms with Gasteiger partial charge >= 0.3 is 0 Å². The van der Waals surface area contributed by atoms with Gasteiger partial charge in [0.25, 0.3) is 0 Å². The number of benzene rings is 1. The summed E-state index contributed by atoms with van der Waals surface area (Å²) in [5.41, 5.74) is 4.16. The topological polar surface area (TPSA) is 67.6 Å². The zero-order valence-corrected chi connectivity index (χ0v) is 10.8. The van der Waals surface area contributed by atoms with Crippen molar-refractivity contribution in [2.24, 2.45) is 0 Å². The normalized spacial score (nSPS) is 14.2. The molecule has 5 nitrogen and oxygen atoms in total. The molecule has 0 fully saturated rings. The van der Waals surface area contributed by atoms with Crippen LogP contribution in [-0.2, 0) is 13.0 Å². The van der Waals surface area contributed by atoms with Gasteiger partial charge in [-0.05, 0) is 37.5 Å². The number of oxazole rings is 1. The molecular weight excluding hydrogens is 252 g/mol. The second-order valence-corrected chi connectivity index (χ2v) is 4.99. The lowest BCUT2D eigenvalue weighted by molar-refractivity contribution is 0.535. The van der Waals surface area contributed by atoms with E-state index < -0.39 is 0 Å². The van der Waals surface area contributed by atoms with Gasteiger partial charge in [0.2, 0.25) is 0 Å². The van der Waals surface area contributed by atoms with Crippen LogP contribution in [0.25, 0.3) is 22.5 Å². The average molecular weight is 264 g/mol.